The highest BCUT2D eigenvalue weighted by molar-refractivity contribution is 5.93. The first kappa shape index (κ1) is 13.7. The van der Waals surface area contributed by atoms with Crippen molar-refractivity contribution in [2.75, 3.05) is 7.11 Å². The molecule has 1 aromatic heterocycles. The molecule has 0 saturated heterocycles. The fourth-order valence-corrected chi connectivity index (χ4v) is 3.82. The molecule has 4 nitrogen and oxygen atoms in total. The molecule has 0 amide bonds. The Morgan fingerprint density at radius 3 is 2.86 bits per heavy atom. The van der Waals surface area contributed by atoms with Gasteiger partial charge in [0.1, 0.15) is 0 Å². The highest BCUT2D eigenvalue weighted by Gasteiger charge is 2.50. The second-order valence-electron chi connectivity index (χ2n) is 6.52. The number of ether oxygens (including phenoxy) is 1. The number of pyridine rings is 1. The number of rotatable bonds is 3. The molecular formula is C18H19NO3. The first-order chi connectivity index (χ1) is 10.6. The molecule has 1 N–H and O–H groups in total. The van der Waals surface area contributed by atoms with Gasteiger partial charge in [-0.25, -0.2) is 4.79 Å². The number of carbonyl (C=O) groups is 1. The lowest BCUT2D eigenvalue weighted by molar-refractivity contribution is 0.0226. The molecule has 1 heterocycles. The predicted octanol–water partition coefficient (Wildman–Crippen LogP) is 3.22. The van der Waals surface area contributed by atoms with Crippen molar-refractivity contribution in [3.8, 4) is 0 Å². The van der Waals surface area contributed by atoms with Crippen LogP contribution in [0.4, 0.5) is 0 Å². The Balaban J connectivity index is 1.73. The molecule has 4 rings (SSSR count). The molecule has 0 unspecified atom stereocenters. The van der Waals surface area contributed by atoms with Crippen molar-refractivity contribution in [1.82, 2.24) is 4.98 Å². The van der Waals surface area contributed by atoms with Gasteiger partial charge in [0.2, 0.25) is 0 Å². The fourth-order valence-electron chi connectivity index (χ4n) is 3.82. The molecule has 0 aliphatic heterocycles. The number of fused-ring (bicyclic) bond motifs is 2. The Kier molecular flexibility index (Phi) is 2.98. The van der Waals surface area contributed by atoms with Gasteiger partial charge < -0.3 is 9.84 Å². The summed E-state index contributed by atoms with van der Waals surface area (Å²) in [6.07, 6.45) is 5.43. The number of nitrogens with zero attached hydrogens (tertiary/aromatic N) is 1. The molecule has 1 fully saturated rings. The smallest absolute Gasteiger partial charge is 0.335 e. The standard InChI is InChI=1S/C18H19NO3/c1-22-18(6-7-18)14-3-5-16-13(10-14)9-12-8-11(17(20)21)2-4-15(12)19-16/h2,4,8-9,14H,3,5-7,10H2,1H3,(H,20,21)/t14-/m0/s1. The Bertz CT molecular complexity index is 764. The van der Waals surface area contributed by atoms with E-state index in [2.05, 4.69) is 6.07 Å². The van der Waals surface area contributed by atoms with E-state index in [4.69, 9.17) is 14.8 Å². The van der Waals surface area contributed by atoms with Crippen molar-refractivity contribution >= 4 is 16.9 Å². The van der Waals surface area contributed by atoms with Gasteiger partial charge >= 0.3 is 5.97 Å². The second kappa shape index (κ2) is 4.78. The zero-order valence-corrected chi connectivity index (χ0v) is 12.6. The molecule has 22 heavy (non-hydrogen) atoms. The lowest BCUT2D eigenvalue weighted by atomic mass is 9.81. The van der Waals surface area contributed by atoms with E-state index in [9.17, 15) is 4.79 Å². The number of methoxy groups -OCH3 is 1. The van der Waals surface area contributed by atoms with E-state index < -0.39 is 5.97 Å². The number of hydrogen-bond donors (Lipinski definition) is 1. The summed E-state index contributed by atoms with van der Waals surface area (Å²) in [5.41, 5.74) is 3.72. The van der Waals surface area contributed by atoms with Gasteiger partial charge in [0, 0.05) is 18.2 Å². The highest BCUT2D eigenvalue weighted by Crippen LogP contribution is 2.50. The molecule has 0 spiro atoms. The van der Waals surface area contributed by atoms with Gasteiger partial charge in [-0.05, 0) is 67.9 Å². The second-order valence-corrected chi connectivity index (χ2v) is 6.52. The van der Waals surface area contributed by atoms with Crippen LogP contribution in [0.25, 0.3) is 10.9 Å². The number of aryl methyl sites for hydroxylation is 1. The summed E-state index contributed by atoms with van der Waals surface area (Å²) in [5, 5.41) is 10.1. The maximum atomic E-state index is 11.1. The third kappa shape index (κ3) is 2.10. The van der Waals surface area contributed by atoms with E-state index in [1.54, 1.807) is 12.1 Å². The first-order valence-electron chi connectivity index (χ1n) is 7.82. The summed E-state index contributed by atoms with van der Waals surface area (Å²) in [5.74, 6) is -0.333. The third-order valence-corrected chi connectivity index (χ3v) is 5.32. The monoisotopic (exact) mass is 297 g/mol. The van der Waals surface area contributed by atoms with Crippen LogP contribution in [-0.4, -0.2) is 28.8 Å². The molecule has 2 aliphatic carbocycles. The van der Waals surface area contributed by atoms with E-state index in [-0.39, 0.29) is 5.60 Å². The largest absolute Gasteiger partial charge is 0.478 e. The van der Waals surface area contributed by atoms with Crippen molar-refractivity contribution in [2.24, 2.45) is 5.92 Å². The van der Waals surface area contributed by atoms with E-state index >= 15 is 0 Å². The molecule has 4 heteroatoms. The Morgan fingerprint density at radius 1 is 1.36 bits per heavy atom. The summed E-state index contributed by atoms with van der Waals surface area (Å²) >= 11 is 0. The van der Waals surface area contributed by atoms with Crippen LogP contribution in [0, 0.1) is 5.92 Å². The topological polar surface area (TPSA) is 59.4 Å². The Morgan fingerprint density at radius 2 is 2.18 bits per heavy atom. The van der Waals surface area contributed by atoms with Crippen molar-refractivity contribution in [1.29, 1.82) is 0 Å². The predicted molar refractivity (Wildman–Crippen MR) is 83.2 cm³/mol. The summed E-state index contributed by atoms with van der Waals surface area (Å²) < 4.78 is 5.74. The zero-order chi connectivity index (χ0) is 15.3. The van der Waals surface area contributed by atoms with E-state index in [0.29, 0.717) is 11.5 Å². The van der Waals surface area contributed by atoms with Crippen LogP contribution in [-0.2, 0) is 17.6 Å². The van der Waals surface area contributed by atoms with Gasteiger partial charge in [0.05, 0.1) is 16.7 Å². The van der Waals surface area contributed by atoms with E-state index in [0.717, 1.165) is 43.0 Å². The number of carboxylic acids is 1. The van der Waals surface area contributed by atoms with Crippen LogP contribution < -0.4 is 0 Å². The Labute approximate surface area is 129 Å². The van der Waals surface area contributed by atoms with E-state index in [1.807, 2.05) is 13.2 Å². The Hall–Kier alpha value is -1.94. The summed E-state index contributed by atoms with van der Waals surface area (Å²) in [4.78, 5) is 15.9. The molecule has 2 aromatic rings. The van der Waals surface area contributed by atoms with Crippen LogP contribution in [0.2, 0.25) is 0 Å². The molecule has 0 radical (unpaired) electrons. The average molecular weight is 297 g/mol. The molecule has 1 aromatic carbocycles. The number of hydrogen-bond acceptors (Lipinski definition) is 3. The minimum absolute atomic E-state index is 0.0928. The average Bonchev–Trinajstić information content (AvgIpc) is 3.33. The summed E-state index contributed by atoms with van der Waals surface area (Å²) in [6.45, 7) is 0. The molecule has 1 atom stereocenters. The van der Waals surface area contributed by atoms with Crippen LogP contribution in [0.5, 0.6) is 0 Å². The summed E-state index contributed by atoms with van der Waals surface area (Å²) in [6, 6.07) is 7.28. The number of aromatic nitrogens is 1. The van der Waals surface area contributed by atoms with Gasteiger partial charge in [-0.3, -0.25) is 4.98 Å². The van der Waals surface area contributed by atoms with Gasteiger partial charge in [0.25, 0.3) is 0 Å². The minimum atomic E-state index is -0.895. The SMILES string of the molecule is COC1([C@H]2CCc3nc4ccc(C(=O)O)cc4cc3C2)CC1. The van der Waals surface area contributed by atoms with Crippen LogP contribution in [0.15, 0.2) is 24.3 Å². The minimum Gasteiger partial charge on any atom is -0.478 e. The van der Waals surface area contributed by atoms with Gasteiger partial charge in [-0.2, -0.15) is 0 Å². The van der Waals surface area contributed by atoms with Crippen molar-refractivity contribution < 1.29 is 14.6 Å². The maximum Gasteiger partial charge on any atom is 0.335 e. The van der Waals surface area contributed by atoms with Crippen LogP contribution in [0.3, 0.4) is 0 Å². The van der Waals surface area contributed by atoms with Crippen LogP contribution >= 0.6 is 0 Å². The van der Waals surface area contributed by atoms with Crippen molar-refractivity contribution in [3.63, 3.8) is 0 Å². The van der Waals surface area contributed by atoms with Crippen LogP contribution in [0.1, 0.15) is 40.9 Å². The number of carboxylic acid groups (broad SMARTS) is 1. The lowest BCUT2D eigenvalue weighted by Gasteiger charge is -2.30. The van der Waals surface area contributed by atoms with Gasteiger partial charge in [-0.15, -0.1) is 0 Å². The molecule has 0 bridgehead atoms. The molecule has 1 saturated carbocycles. The van der Waals surface area contributed by atoms with Gasteiger partial charge in [-0.1, -0.05) is 0 Å². The summed E-state index contributed by atoms with van der Waals surface area (Å²) in [7, 11) is 1.82. The van der Waals surface area contributed by atoms with Crippen molar-refractivity contribution in [2.45, 2.75) is 37.7 Å². The van der Waals surface area contributed by atoms with Gasteiger partial charge in [0.15, 0.2) is 0 Å². The highest BCUT2D eigenvalue weighted by atomic mass is 16.5. The number of aromatic carboxylic acids is 1. The van der Waals surface area contributed by atoms with Crippen molar-refractivity contribution in [3.05, 3.63) is 41.1 Å². The quantitative estimate of drug-likeness (QED) is 0.945. The first-order valence-corrected chi connectivity index (χ1v) is 7.82. The zero-order valence-electron chi connectivity index (χ0n) is 12.6. The molecular weight excluding hydrogens is 278 g/mol. The molecule has 114 valence electrons. The molecule has 2 aliphatic rings. The maximum absolute atomic E-state index is 11.1. The lowest BCUT2D eigenvalue weighted by Crippen LogP contribution is -2.30. The number of benzene rings is 1. The third-order valence-electron chi connectivity index (χ3n) is 5.32. The fraction of sp³-hybridized carbons (Fsp3) is 0.444. The van der Waals surface area contributed by atoms with E-state index in [1.165, 1.54) is 11.3 Å². The normalized spacial score (nSPS) is 22.3.